The molecule has 1 aliphatic rings. The third-order valence-corrected chi connectivity index (χ3v) is 6.50. The Morgan fingerprint density at radius 3 is 2.70 bits per heavy atom. The molecule has 7 heteroatoms. The molecule has 4 rings (SSSR count). The molecular weight excluding hydrogens is 360 g/mol. The predicted octanol–water partition coefficient (Wildman–Crippen LogP) is 3.12. The van der Waals surface area contributed by atoms with E-state index in [-0.39, 0.29) is 16.5 Å². The van der Waals surface area contributed by atoms with E-state index in [2.05, 4.69) is 10.3 Å². The predicted molar refractivity (Wildman–Crippen MR) is 104 cm³/mol. The minimum absolute atomic E-state index is 0.00309. The molecule has 1 N–H and O–H groups in total. The third-order valence-electron chi connectivity index (χ3n) is 4.77. The Bertz CT molecular complexity index is 1230. The normalized spacial score (nSPS) is 16.8. The fourth-order valence-corrected chi connectivity index (χ4v) is 4.98. The van der Waals surface area contributed by atoms with Crippen LogP contribution in [0.15, 0.2) is 58.5 Å². The highest BCUT2D eigenvalue weighted by Gasteiger charge is 2.27. The van der Waals surface area contributed by atoms with E-state index in [1.165, 1.54) is 16.1 Å². The fraction of sp³-hybridized carbons (Fsp3) is 0.200. The van der Waals surface area contributed by atoms with Crippen molar-refractivity contribution in [1.29, 1.82) is 5.26 Å². The third kappa shape index (κ3) is 2.78. The van der Waals surface area contributed by atoms with Crippen LogP contribution < -0.4 is 5.32 Å². The van der Waals surface area contributed by atoms with Crippen molar-refractivity contribution in [1.82, 2.24) is 9.29 Å². The van der Waals surface area contributed by atoms with Gasteiger partial charge in [-0.2, -0.15) is 5.26 Å². The minimum atomic E-state index is -3.91. The Morgan fingerprint density at radius 2 is 2.00 bits per heavy atom. The lowest BCUT2D eigenvalue weighted by atomic mass is 10.0. The molecule has 1 atom stereocenters. The van der Waals surface area contributed by atoms with Crippen molar-refractivity contribution in [3.8, 4) is 6.07 Å². The maximum absolute atomic E-state index is 13.4. The van der Waals surface area contributed by atoms with Gasteiger partial charge < -0.3 is 5.32 Å². The summed E-state index contributed by atoms with van der Waals surface area (Å²) in [6, 6.07) is 13.8. The number of amidine groups is 1. The number of aliphatic imine (C=N–C) groups is 1. The first-order chi connectivity index (χ1) is 12.9. The second-order valence-electron chi connectivity index (χ2n) is 6.64. The van der Waals surface area contributed by atoms with E-state index in [4.69, 9.17) is 0 Å². The average molecular weight is 378 g/mol. The number of hydrogen-bond acceptors (Lipinski definition) is 5. The number of rotatable bonds is 3. The second-order valence-corrected chi connectivity index (χ2v) is 8.42. The van der Waals surface area contributed by atoms with Crippen molar-refractivity contribution >= 4 is 26.8 Å². The summed E-state index contributed by atoms with van der Waals surface area (Å²) in [7, 11) is -3.91. The van der Waals surface area contributed by atoms with Crippen LogP contribution in [0.5, 0.6) is 0 Å². The summed E-state index contributed by atoms with van der Waals surface area (Å²) < 4.78 is 28.0. The summed E-state index contributed by atoms with van der Waals surface area (Å²) in [6.45, 7) is 4.43. The van der Waals surface area contributed by atoms with Gasteiger partial charge in [0.1, 0.15) is 11.0 Å². The minimum Gasteiger partial charge on any atom is -0.365 e. The van der Waals surface area contributed by atoms with Crippen molar-refractivity contribution in [2.24, 2.45) is 4.99 Å². The van der Waals surface area contributed by atoms with Crippen LogP contribution in [-0.2, 0) is 10.0 Å². The molecule has 0 radical (unpaired) electrons. The first kappa shape index (κ1) is 17.3. The molecule has 0 fully saturated rings. The summed E-state index contributed by atoms with van der Waals surface area (Å²) in [5.41, 5.74) is 2.65. The number of aromatic nitrogens is 1. The smallest absolute Gasteiger partial charge is 0.269 e. The molecular formula is C20H18N4O2S. The van der Waals surface area contributed by atoms with E-state index in [1.54, 1.807) is 18.3 Å². The molecule has 0 aliphatic carbocycles. The Hall–Kier alpha value is -3.11. The molecule has 0 bridgehead atoms. The van der Waals surface area contributed by atoms with E-state index in [0.717, 1.165) is 22.3 Å². The molecule has 1 unspecified atom stereocenters. The van der Waals surface area contributed by atoms with Crippen LogP contribution in [0.25, 0.3) is 10.9 Å². The zero-order valence-corrected chi connectivity index (χ0v) is 15.8. The highest BCUT2D eigenvalue weighted by Crippen LogP contribution is 2.32. The van der Waals surface area contributed by atoms with Crippen LogP contribution in [0.4, 0.5) is 0 Å². The van der Waals surface area contributed by atoms with Crippen molar-refractivity contribution < 1.29 is 8.42 Å². The monoisotopic (exact) mass is 378 g/mol. The van der Waals surface area contributed by atoms with E-state index >= 15 is 0 Å². The van der Waals surface area contributed by atoms with Crippen molar-refractivity contribution in [3.05, 3.63) is 65.4 Å². The van der Waals surface area contributed by atoms with Gasteiger partial charge in [0, 0.05) is 17.1 Å². The lowest BCUT2D eigenvalue weighted by molar-refractivity contribution is 0.588. The number of fused-ring (bicyclic) bond motifs is 1. The van der Waals surface area contributed by atoms with Gasteiger partial charge in [-0.3, -0.25) is 4.99 Å². The van der Waals surface area contributed by atoms with Gasteiger partial charge in [-0.05, 0) is 38.1 Å². The molecule has 0 spiro atoms. The molecule has 0 amide bonds. The summed E-state index contributed by atoms with van der Waals surface area (Å²) in [5.74, 6) is 0.839. The van der Waals surface area contributed by atoms with Gasteiger partial charge in [0.05, 0.1) is 29.5 Å². The standard InChI is InChI=1S/C20H18N4O2S/c1-13-7-8-19-16(9-13)17(18-11-22-14(2)23-18)12-24(19)27(25,26)20-6-4-3-5-15(20)10-21/h3-9,12,18H,11H2,1-2H3,(H,22,23). The number of benzene rings is 2. The maximum atomic E-state index is 13.4. The number of hydrogen-bond donors (Lipinski definition) is 1. The first-order valence-corrected chi connectivity index (χ1v) is 9.99. The van der Waals surface area contributed by atoms with Crippen LogP contribution in [0.3, 0.4) is 0 Å². The van der Waals surface area contributed by atoms with Gasteiger partial charge in [0.25, 0.3) is 10.0 Å². The Labute approximate surface area is 157 Å². The van der Waals surface area contributed by atoms with Crippen LogP contribution in [0, 0.1) is 18.3 Å². The molecule has 27 heavy (non-hydrogen) atoms. The topological polar surface area (TPSA) is 87.2 Å². The summed E-state index contributed by atoms with van der Waals surface area (Å²) >= 11 is 0. The summed E-state index contributed by atoms with van der Waals surface area (Å²) in [5, 5.41) is 13.5. The highest BCUT2D eigenvalue weighted by atomic mass is 32.2. The lowest BCUT2D eigenvalue weighted by Gasteiger charge is -2.10. The maximum Gasteiger partial charge on any atom is 0.269 e. The highest BCUT2D eigenvalue weighted by molar-refractivity contribution is 7.90. The lowest BCUT2D eigenvalue weighted by Crippen LogP contribution is -2.20. The number of nitrogens with one attached hydrogen (secondary N) is 1. The van der Waals surface area contributed by atoms with Crippen LogP contribution in [0.1, 0.15) is 29.7 Å². The molecule has 0 saturated heterocycles. The molecule has 2 heterocycles. The van der Waals surface area contributed by atoms with Crippen LogP contribution in [0.2, 0.25) is 0 Å². The zero-order chi connectivity index (χ0) is 19.2. The van der Waals surface area contributed by atoms with Gasteiger partial charge in [-0.15, -0.1) is 0 Å². The first-order valence-electron chi connectivity index (χ1n) is 8.55. The van der Waals surface area contributed by atoms with Crippen molar-refractivity contribution in [2.75, 3.05) is 6.54 Å². The molecule has 1 aromatic heterocycles. The van der Waals surface area contributed by atoms with Crippen LogP contribution >= 0.6 is 0 Å². The van der Waals surface area contributed by atoms with Crippen molar-refractivity contribution in [2.45, 2.75) is 24.8 Å². The van der Waals surface area contributed by atoms with Crippen LogP contribution in [-0.4, -0.2) is 24.8 Å². The van der Waals surface area contributed by atoms with Gasteiger partial charge in [0.2, 0.25) is 0 Å². The second kappa shape index (κ2) is 6.25. The number of nitriles is 1. The SMILES string of the molecule is CC1=NCC(c2cn(S(=O)(=O)c3ccccc3C#N)c3ccc(C)cc23)N1. The summed E-state index contributed by atoms with van der Waals surface area (Å²) in [4.78, 5) is 4.39. The van der Waals surface area contributed by atoms with Crippen molar-refractivity contribution in [3.63, 3.8) is 0 Å². The summed E-state index contributed by atoms with van der Waals surface area (Å²) in [6.07, 6.45) is 1.65. The molecule has 3 aromatic rings. The Balaban J connectivity index is 1.96. The van der Waals surface area contributed by atoms with Gasteiger partial charge in [0.15, 0.2) is 0 Å². The molecule has 6 nitrogen and oxygen atoms in total. The van der Waals surface area contributed by atoms with Gasteiger partial charge in [-0.25, -0.2) is 12.4 Å². The molecule has 1 aliphatic heterocycles. The quantitative estimate of drug-likeness (QED) is 0.758. The van der Waals surface area contributed by atoms with E-state index < -0.39 is 10.0 Å². The molecule has 0 saturated carbocycles. The Kier molecular flexibility index (Phi) is 4.01. The van der Waals surface area contributed by atoms with Gasteiger partial charge in [-0.1, -0.05) is 23.8 Å². The van der Waals surface area contributed by atoms with E-state index in [1.807, 2.05) is 38.1 Å². The van der Waals surface area contributed by atoms with E-state index in [9.17, 15) is 13.7 Å². The average Bonchev–Trinajstić information content (AvgIpc) is 3.25. The number of aryl methyl sites for hydroxylation is 1. The van der Waals surface area contributed by atoms with E-state index in [0.29, 0.717) is 12.1 Å². The molecule has 136 valence electrons. The van der Waals surface area contributed by atoms with Gasteiger partial charge >= 0.3 is 0 Å². The fourth-order valence-electron chi connectivity index (χ4n) is 3.45. The molecule has 2 aromatic carbocycles. The zero-order valence-electron chi connectivity index (χ0n) is 15.0. The largest absolute Gasteiger partial charge is 0.365 e. The Morgan fingerprint density at radius 1 is 1.22 bits per heavy atom. The number of nitrogens with zero attached hydrogens (tertiary/aromatic N) is 3.